The van der Waals surface area contributed by atoms with Crippen LogP contribution in [0.1, 0.15) is 11.1 Å². The summed E-state index contributed by atoms with van der Waals surface area (Å²) in [5, 5.41) is 0. The van der Waals surface area contributed by atoms with E-state index in [0.29, 0.717) is 6.61 Å². The largest absolute Gasteiger partial charge is 0.489 e. The zero-order valence-electron chi connectivity index (χ0n) is 12.7. The normalized spacial score (nSPS) is 10.3. The van der Waals surface area contributed by atoms with Gasteiger partial charge in [-0.2, -0.15) is 0 Å². The topological polar surface area (TPSA) is 9.23 Å². The number of halogens is 1. The fourth-order valence-corrected chi connectivity index (χ4v) is 2.89. The van der Waals surface area contributed by atoms with Gasteiger partial charge in [0, 0.05) is 4.47 Å². The third-order valence-corrected chi connectivity index (χ3v) is 4.05. The lowest BCUT2D eigenvalue weighted by atomic mass is 10.0. The predicted octanol–water partition coefficient (Wildman–Crippen LogP) is 6.34. The van der Waals surface area contributed by atoms with E-state index in [9.17, 15) is 0 Å². The summed E-state index contributed by atoms with van der Waals surface area (Å²) in [5.41, 5.74) is 4.57. The summed E-state index contributed by atoms with van der Waals surface area (Å²) < 4.78 is 6.88. The highest BCUT2D eigenvalue weighted by Gasteiger charge is 2.02. The van der Waals surface area contributed by atoms with Crippen molar-refractivity contribution in [3.63, 3.8) is 0 Å². The number of hydrogen-bond acceptors (Lipinski definition) is 1. The van der Waals surface area contributed by atoms with E-state index in [2.05, 4.69) is 58.9 Å². The standard InChI is InChI=1S/C21H17BrO/c1-2-16-12-19(14-20(22)13-16)18-8-10-21(11-9-18)23-15-17-6-4-3-5-7-17/h2-14H,1,15H2. The fraction of sp³-hybridized carbons (Fsp3) is 0.0476. The van der Waals surface area contributed by atoms with Crippen LogP contribution in [-0.2, 0) is 6.61 Å². The molecule has 0 spiro atoms. The van der Waals surface area contributed by atoms with Gasteiger partial charge in [0.15, 0.2) is 0 Å². The molecule has 0 aromatic heterocycles. The molecule has 0 heterocycles. The zero-order chi connectivity index (χ0) is 16.1. The third-order valence-electron chi connectivity index (χ3n) is 3.59. The van der Waals surface area contributed by atoms with Crippen LogP contribution in [0.2, 0.25) is 0 Å². The number of ether oxygens (including phenoxy) is 1. The summed E-state index contributed by atoms with van der Waals surface area (Å²) >= 11 is 3.54. The minimum Gasteiger partial charge on any atom is -0.489 e. The highest BCUT2D eigenvalue weighted by Crippen LogP contribution is 2.27. The summed E-state index contributed by atoms with van der Waals surface area (Å²) in [5.74, 6) is 0.872. The van der Waals surface area contributed by atoms with Gasteiger partial charge in [0.25, 0.3) is 0 Å². The highest BCUT2D eigenvalue weighted by atomic mass is 79.9. The van der Waals surface area contributed by atoms with Crippen molar-refractivity contribution in [3.05, 3.63) is 95.0 Å². The second kappa shape index (κ2) is 7.30. The van der Waals surface area contributed by atoms with Crippen LogP contribution in [0.25, 0.3) is 17.2 Å². The van der Waals surface area contributed by atoms with Crippen molar-refractivity contribution < 1.29 is 4.74 Å². The SMILES string of the molecule is C=Cc1cc(Br)cc(-c2ccc(OCc3ccccc3)cc2)c1. The van der Waals surface area contributed by atoms with Crippen LogP contribution in [0.3, 0.4) is 0 Å². The Morgan fingerprint density at radius 3 is 2.30 bits per heavy atom. The van der Waals surface area contributed by atoms with Gasteiger partial charge in [-0.1, -0.05) is 71.0 Å². The summed E-state index contributed by atoms with van der Waals surface area (Å²) in [4.78, 5) is 0. The molecule has 0 radical (unpaired) electrons. The minimum atomic E-state index is 0.581. The summed E-state index contributed by atoms with van der Waals surface area (Å²) in [6, 6.07) is 24.6. The summed E-state index contributed by atoms with van der Waals surface area (Å²) in [6.07, 6.45) is 1.85. The molecule has 0 bridgehead atoms. The van der Waals surface area contributed by atoms with Gasteiger partial charge in [-0.15, -0.1) is 0 Å². The van der Waals surface area contributed by atoms with Gasteiger partial charge in [-0.25, -0.2) is 0 Å². The van der Waals surface area contributed by atoms with Crippen molar-refractivity contribution in [2.24, 2.45) is 0 Å². The van der Waals surface area contributed by atoms with Crippen molar-refractivity contribution in [2.45, 2.75) is 6.61 Å². The number of rotatable bonds is 5. The first-order valence-corrected chi connectivity index (χ1v) is 8.24. The third kappa shape index (κ3) is 4.11. The van der Waals surface area contributed by atoms with E-state index in [1.165, 1.54) is 5.56 Å². The molecule has 3 aromatic rings. The average molecular weight is 365 g/mol. The molecule has 0 fully saturated rings. The lowest BCUT2D eigenvalue weighted by Gasteiger charge is -2.08. The van der Waals surface area contributed by atoms with Crippen LogP contribution in [0, 0.1) is 0 Å². The minimum absolute atomic E-state index is 0.581. The molecule has 3 aromatic carbocycles. The van der Waals surface area contributed by atoms with E-state index < -0.39 is 0 Å². The smallest absolute Gasteiger partial charge is 0.119 e. The Morgan fingerprint density at radius 1 is 0.870 bits per heavy atom. The molecular formula is C21H17BrO. The Bertz CT molecular complexity index is 792. The molecule has 0 atom stereocenters. The first-order chi connectivity index (χ1) is 11.2. The number of benzene rings is 3. The first kappa shape index (κ1) is 15.6. The Kier molecular flexibility index (Phi) is 4.94. The molecule has 0 unspecified atom stereocenters. The van der Waals surface area contributed by atoms with Crippen LogP contribution < -0.4 is 4.74 Å². The van der Waals surface area contributed by atoms with Crippen LogP contribution >= 0.6 is 15.9 Å². The molecule has 114 valence electrons. The Balaban J connectivity index is 1.74. The van der Waals surface area contributed by atoms with Gasteiger partial charge in [-0.3, -0.25) is 0 Å². The zero-order valence-corrected chi connectivity index (χ0v) is 14.3. The molecule has 0 aliphatic carbocycles. The van der Waals surface area contributed by atoms with Gasteiger partial charge in [0.1, 0.15) is 12.4 Å². The summed E-state index contributed by atoms with van der Waals surface area (Å²) in [7, 11) is 0. The Labute approximate surface area is 145 Å². The molecule has 3 rings (SSSR count). The van der Waals surface area contributed by atoms with E-state index in [1.54, 1.807) is 0 Å². The number of hydrogen-bond donors (Lipinski definition) is 0. The molecule has 0 aliphatic rings. The molecule has 0 saturated carbocycles. The molecule has 1 nitrogen and oxygen atoms in total. The summed E-state index contributed by atoms with van der Waals surface area (Å²) in [6.45, 7) is 4.41. The molecule has 0 aliphatic heterocycles. The van der Waals surface area contributed by atoms with Gasteiger partial charge in [0.05, 0.1) is 0 Å². The van der Waals surface area contributed by atoms with Crippen molar-refractivity contribution in [2.75, 3.05) is 0 Å². The maximum Gasteiger partial charge on any atom is 0.119 e. The second-order valence-electron chi connectivity index (χ2n) is 5.28. The maximum atomic E-state index is 5.83. The van der Waals surface area contributed by atoms with Gasteiger partial charge < -0.3 is 4.74 Å². The van der Waals surface area contributed by atoms with E-state index in [1.807, 2.05) is 42.5 Å². The molecular weight excluding hydrogens is 348 g/mol. The van der Waals surface area contributed by atoms with Crippen LogP contribution in [-0.4, -0.2) is 0 Å². The molecule has 2 heteroatoms. The Hall–Kier alpha value is -2.32. The fourth-order valence-electron chi connectivity index (χ4n) is 2.38. The van der Waals surface area contributed by atoms with Crippen molar-refractivity contribution in [3.8, 4) is 16.9 Å². The van der Waals surface area contributed by atoms with Gasteiger partial charge in [0.2, 0.25) is 0 Å². The monoisotopic (exact) mass is 364 g/mol. The molecule has 0 amide bonds. The first-order valence-electron chi connectivity index (χ1n) is 7.45. The van der Waals surface area contributed by atoms with Crippen LogP contribution in [0.4, 0.5) is 0 Å². The quantitative estimate of drug-likeness (QED) is 0.513. The maximum absolute atomic E-state index is 5.83. The van der Waals surface area contributed by atoms with Crippen molar-refractivity contribution >= 4 is 22.0 Å². The average Bonchev–Trinajstić information content (AvgIpc) is 2.60. The van der Waals surface area contributed by atoms with Crippen molar-refractivity contribution in [1.29, 1.82) is 0 Å². The van der Waals surface area contributed by atoms with Crippen molar-refractivity contribution in [1.82, 2.24) is 0 Å². The van der Waals surface area contributed by atoms with E-state index in [0.717, 1.165) is 26.9 Å². The molecule has 23 heavy (non-hydrogen) atoms. The predicted molar refractivity (Wildman–Crippen MR) is 100 cm³/mol. The highest BCUT2D eigenvalue weighted by molar-refractivity contribution is 9.10. The van der Waals surface area contributed by atoms with Gasteiger partial charge in [-0.05, 0) is 52.6 Å². The Morgan fingerprint density at radius 2 is 1.61 bits per heavy atom. The van der Waals surface area contributed by atoms with E-state index in [4.69, 9.17) is 4.74 Å². The lowest BCUT2D eigenvalue weighted by molar-refractivity contribution is 0.306. The second-order valence-corrected chi connectivity index (χ2v) is 6.19. The molecule has 0 N–H and O–H groups in total. The van der Waals surface area contributed by atoms with E-state index in [-0.39, 0.29) is 0 Å². The van der Waals surface area contributed by atoms with Crippen LogP contribution in [0.15, 0.2) is 83.8 Å². The van der Waals surface area contributed by atoms with Gasteiger partial charge >= 0.3 is 0 Å². The lowest BCUT2D eigenvalue weighted by Crippen LogP contribution is -1.94. The van der Waals surface area contributed by atoms with E-state index >= 15 is 0 Å². The van der Waals surface area contributed by atoms with Crippen LogP contribution in [0.5, 0.6) is 5.75 Å². The molecule has 0 saturated heterocycles.